The van der Waals surface area contributed by atoms with Crippen LogP contribution < -0.4 is 11.1 Å². The van der Waals surface area contributed by atoms with Crippen molar-refractivity contribution >= 4 is 24.1 Å². The first kappa shape index (κ1) is 19.8. The van der Waals surface area contributed by atoms with E-state index in [9.17, 15) is 4.79 Å². The number of carbonyl (C=O) groups excluding carboxylic acids is 1. The van der Waals surface area contributed by atoms with Gasteiger partial charge in [-0.3, -0.25) is 4.79 Å². The normalized spacial score (nSPS) is 10.7. The van der Waals surface area contributed by atoms with E-state index in [-0.39, 0.29) is 30.8 Å². The Balaban J connectivity index is 0.00000243. The Labute approximate surface area is 158 Å². The summed E-state index contributed by atoms with van der Waals surface area (Å²) in [7, 11) is 0. The lowest BCUT2D eigenvalue weighted by Gasteiger charge is -2.08. The van der Waals surface area contributed by atoms with Crippen LogP contribution in [0.15, 0.2) is 47.1 Å². The van der Waals surface area contributed by atoms with Crippen molar-refractivity contribution in [1.82, 2.24) is 9.78 Å². The van der Waals surface area contributed by atoms with Gasteiger partial charge in [0.05, 0.1) is 23.5 Å². The number of nitrogens with one attached hydrogen (secondary N) is 1. The Morgan fingerprint density at radius 1 is 1.27 bits per heavy atom. The fraction of sp³-hybridized carbons (Fsp3) is 0.263. The van der Waals surface area contributed by atoms with Gasteiger partial charge >= 0.3 is 0 Å². The molecule has 0 aliphatic carbocycles. The number of hydrogen-bond acceptors (Lipinski definition) is 4. The number of hydrogen-bond donors (Lipinski definition) is 2. The molecule has 7 heteroatoms. The van der Waals surface area contributed by atoms with Crippen molar-refractivity contribution in [2.45, 2.75) is 33.2 Å². The Morgan fingerprint density at radius 2 is 1.96 bits per heavy atom. The van der Waals surface area contributed by atoms with Crippen molar-refractivity contribution < 1.29 is 9.21 Å². The van der Waals surface area contributed by atoms with E-state index in [0.29, 0.717) is 17.1 Å². The molecule has 3 rings (SSSR count). The van der Waals surface area contributed by atoms with Gasteiger partial charge in [0.15, 0.2) is 0 Å². The molecule has 1 amide bonds. The van der Waals surface area contributed by atoms with Gasteiger partial charge in [-0.1, -0.05) is 31.5 Å². The van der Waals surface area contributed by atoms with Crippen molar-refractivity contribution in [1.29, 1.82) is 0 Å². The van der Waals surface area contributed by atoms with E-state index in [0.717, 1.165) is 11.4 Å². The quantitative estimate of drug-likeness (QED) is 0.705. The minimum absolute atomic E-state index is 0. The van der Waals surface area contributed by atoms with Crippen molar-refractivity contribution in [3.05, 3.63) is 65.2 Å². The summed E-state index contributed by atoms with van der Waals surface area (Å²) in [5.74, 6) is 1.18. The number of halogens is 1. The van der Waals surface area contributed by atoms with Crippen molar-refractivity contribution in [2.75, 3.05) is 5.32 Å². The zero-order chi connectivity index (χ0) is 18.0. The molecule has 3 N–H and O–H groups in total. The van der Waals surface area contributed by atoms with Gasteiger partial charge in [-0.2, -0.15) is 5.10 Å². The summed E-state index contributed by atoms with van der Waals surface area (Å²) < 4.78 is 6.98. The van der Waals surface area contributed by atoms with E-state index in [1.807, 2.05) is 37.3 Å². The molecule has 0 bridgehead atoms. The highest BCUT2D eigenvalue weighted by Gasteiger charge is 2.16. The highest BCUT2D eigenvalue weighted by Crippen LogP contribution is 2.23. The predicted octanol–water partition coefficient (Wildman–Crippen LogP) is 4.03. The van der Waals surface area contributed by atoms with Crippen LogP contribution in [-0.4, -0.2) is 15.7 Å². The van der Waals surface area contributed by atoms with Crippen LogP contribution in [0.3, 0.4) is 0 Å². The van der Waals surface area contributed by atoms with E-state index >= 15 is 0 Å². The molecule has 6 nitrogen and oxygen atoms in total. The van der Waals surface area contributed by atoms with Gasteiger partial charge in [-0.25, -0.2) is 4.68 Å². The van der Waals surface area contributed by atoms with E-state index < -0.39 is 0 Å². The van der Waals surface area contributed by atoms with Gasteiger partial charge in [0, 0.05) is 6.07 Å². The summed E-state index contributed by atoms with van der Waals surface area (Å²) in [4.78, 5) is 12.5. The molecule has 1 aromatic carbocycles. The molecule has 0 aliphatic rings. The minimum Gasteiger partial charge on any atom is -0.467 e. The molecule has 0 unspecified atom stereocenters. The second-order valence-electron chi connectivity index (χ2n) is 6.32. The lowest BCUT2D eigenvalue weighted by Crippen LogP contribution is -2.14. The number of benzene rings is 1. The van der Waals surface area contributed by atoms with Gasteiger partial charge in [0.1, 0.15) is 17.8 Å². The Kier molecular flexibility index (Phi) is 6.23. The minimum atomic E-state index is -0.257. The summed E-state index contributed by atoms with van der Waals surface area (Å²) in [6, 6.07) is 11.5. The average Bonchev–Trinajstić information content (AvgIpc) is 3.22. The molecule has 2 heterocycles. The van der Waals surface area contributed by atoms with Crippen LogP contribution in [-0.2, 0) is 6.54 Å². The number of anilines is 1. The monoisotopic (exact) mass is 374 g/mol. The fourth-order valence-corrected chi connectivity index (χ4v) is 2.45. The van der Waals surface area contributed by atoms with Gasteiger partial charge in [-0.05, 0) is 31.0 Å². The SMILES string of the molecule is Cc1ccc(-n2nc(C(C)C)cc2NC(=O)c2coc(CN)c2)cc1.Cl. The maximum Gasteiger partial charge on any atom is 0.260 e. The largest absolute Gasteiger partial charge is 0.467 e. The molecule has 0 atom stereocenters. The smallest absolute Gasteiger partial charge is 0.260 e. The molecule has 0 saturated carbocycles. The molecule has 138 valence electrons. The summed E-state index contributed by atoms with van der Waals surface area (Å²) in [5, 5.41) is 7.55. The maximum absolute atomic E-state index is 12.5. The number of furan rings is 1. The zero-order valence-corrected chi connectivity index (χ0v) is 15.8. The molecule has 0 radical (unpaired) electrons. The van der Waals surface area contributed by atoms with Gasteiger partial charge < -0.3 is 15.5 Å². The van der Waals surface area contributed by atoms with Crippen molar-refractivity contribution in [3.63, 3.8) is 0 Å². The zero-order valence-electron chi connectivity index (χ0n) is 15.0. The first-order chi connectivity index (χ1) is 12.0. The Hall–Kier alpha value is -2.57. The number of nitrogens with two attached hydrogens (primary N) is 1. The van der Waals surface area contributed by atoms with Gasteiger partial charge in [-0.15, -0.1) is 12.4 Å². The van der Waals surface area contributed by atoms with Crippen LogP contribution in [0, 0.1) is 6.92 Å². The van der Waals surface area contributed by atoms with Crippen LogP contribution in [0.4, 0.5) is 5.82 Å². The predicted molar refractivity (Wildman–Crippen MR) is 104 cm³/mol. The number of nitrogens with zero attached hydrogens (tertiary/aromatic N) is 2. The number of rotatable bonds is 5. The second kappa shape index (κ2) is 8.21. The summed E-state index contributed by atoms with van der Waals surface area (Å²) in [6.45, 7) is 6.42. The number of amides is 1. The van der Waals surface area contributed by atoms with Gasteiger partial charge in [0.25, 0.3) is 5.91 Å². The summed E-state index contributed by atoms with van der Waals surface area (Å²) in [6.07, 6.45) is 1.41. The lowest BCUT2D eigenvalue weighted by atomic mass is 10.1. The van der Waals surface area contributed by atoms with Crippen molar-refractivity contribution in [3.8, 4) is 5.69 Å². The van der Waals surface area contributed by atoms with E-state index in [2.05, 4.69) is 24.3 Å². The number of aryl methyl sites for hydroxylation is 1. The highest BCUT2D eigenvalue weighted by molar-refractivity contribution is 6.03. The van der Waals surface area contributed by atoms with Crippen LogP contribution in [0.5, 0.6) is 0 Å². The average molecular weight is 375 g/mol. The first-order valence-corrected chi connectivity index (χ1v) is 8.23. The van der Waals surface area contributed by atoms with Crippen LogP contribution >= 0.6 is 12.4 Å². The molecular formula is C19H23ClN4O2. The summed E-state index contributed by atoms with van der Waals surface area (Å²) >= 11 is 0. The molecule has 0 aliphatic heterocycles. The molecule has 0 saturated heterocycles. The molecule has 0 spiro atoms. The molecule has 0 fully saturated rings. The highest BCUT2D eigenvalue weighted by atomic mass is 35.5. The molecular weight excluding hydrogens is 352 g/mol. The van der Waals surface area contributed by atoms with E-state index in [1.54, 1.807) is 10.7 Å². The lowest BCUT2D eigenvalue weighted by molar-refractivity contribution is 0.102. The standard InChI is InChI=1S/C19H22N4O2.ClH/c1-12(2)17-9-18(21-19(24)14-8-16(10-20)25-11-14)23(22-17)15-6-4-13(3)5-7-15;/h4-9,11-12H,10,20H2,1-3H3,(H,21,24);1H. The van der Waals surface area contributed by atoms with Crippen molar-refractivity contribution in [2.24, 2.45) is 5.73 Å². The third-order valence-corrected chi connectivity index (χ3v) is 3.96. The van der Waals surface area contributed by atoms with E-state index in [1.165, 1.54) is 11.8 Å². The molecule has 26 heavy (non-hydrogen) atoms. The van der Waals surface area contributed by atoms with E-state index in [4.69, 9.17) is 10.2 Å². The van der Waals surface area contributed by atoms with Crippen LogP contribution in [0.2, 0.25) is 0 Å². The molecule has 2 aromatic heterocycles. The Bertz CT molecular complexity index is 881. The first-order valence-electron chi connectivity index (χ1n) is 8.23. The third-order valence-electron chi connectivity index (χ3n) is 3.96. The third kappa shape index (κ3) is 4.15. The maximum atomic E-state index is 12.5. The number of aromatic nitrogens is 2. The topological polar surface area (TPSA) is 86.1 Å². The molecule has 3 aromatic rings. The number of carbonyl (C=O) groups is 1. The van der Waals surface area contributed by atoms with Crippen LogP contribution in [0.1, 0.15) is 47.1 Å². The van der Waals surface area contributed by atoms with Gasteiger partial charge in [0.2, 0.25) is 0 Å². The Morgan fingerprint density at radius 3 is 2.54 bits per heavy atom. The fourth-order valence-electron chi connectivity index (χ4n) is 2.45. The summed E-state index contributed by atoms with van der Waals surface area (Å²) in [5.41, 5.74) is 8.92. The second-order valence-corrected chi connectivity index (χ2v) is 6.32. The van der Waals surface area contributed by atoms with Crippen LogP contribution in [0.25, 0.3) is 5.69 Å².